The van der Waals surface area contributed by atoms with E-state index in [0.29, 0.717) is 16.6 Å². The molecule has 96 valence electrons. The quantitative estimate of drug-likeness (QED) is 0.788. The number of methoxy groups -OCH3 is 1. The lowest BCUT2D eigenvalue weighted by Gasteiger charge is -2.05. The summed E-state index contributed by atoms with van der Waals surface area (Å²) >= 11 is 6.05. The van der Waals surface area contributed by atoms with Crippen LogP contribution in [0.1, 0.15) is 11.9 Å². The smallest absolute Gasteiger partial charge is 0.137 e. The summed E-state index contributed by atoms with van der Waals surface area (Å²) < 4.78 is 5.09. The van der Waals surface area contributed by atoms with Gasteiger partial charge in [-0.15, -0.1) is 0 Å². The fraction of sp³-hybridized carbons (Fsp3) is 0.250. The molecule has 1 atom stereocenters. The Kier molecular flexibility index (Phi) is 3.86. The number of nitrogens with one attached hydrogen (secondary N) is 1. The van der Waals surface area contributed by atoms with Crippen LogP contribution in [0, 0.1) is 0 Å². The second kappa shape index (κ2) is 5.39. The Morgan fingerprint density at radius 2 is 2.33 bits per heavy atom. The molecule has 18 heavy (non-hydrogen) atoms. The average molecular weight is 268 g/mol. The van der Waals surface area contributed by atoms with Crippen LogP contribution in [0.25, 0.3) is 11.3 Å². The molecule has 0 aliphatic heterocycles. The van der Waals surface area contributed by atoms with Gasteiger partial charge in [-0.05, 0) is 18.2 Å². The summed E-state index contributed by atoms with van der Waals surface area (Å²) in [5, 5.41) is 9.48. The van der Waals surface area contributed by atoms with Gasteiger partial charge in [-0.3, -0.25) is 0 Å². The summed E-state index contributed by atoms with van der Waals surface area (Å²) in [5.74, 6) is 1.16. The average Bonchev–Trinajstić information content (AvgIpc) is 2.87. The topological polar surface area (TPSA) is 84.2 Å². The van der Waals surface area contributed by atoms with Crippen molar-refractivity contribution >= 4 is 11.6 Å². The lowest BCUT2D eigenvalue weighted by Crippen LogP contribution is -2.15. The van der Waals surface area contributed by atoms with Gasteiger partial charge >= 0.3 is 0 Å². The second-order valence-corrected chi connectivity index (χ2v) is 4.23. The van der Waals surface area contributed by atoms with Crippen LogP contribution in [0.2, 0.25) is 5.02 Å². The highest BCUT2D eigenvalue weighted by molar-refractivity contribution is 6.32. The van der Waals surface area contributed by atoms with Gasteiger partial charge in [-0.2, -0.15) is 0 Å². The lowest BCUT2D eigenvalue weighted by molar-refractivity contribution is 0.264. The number of aliphatic hydroxyl groups excluding tert-OH is 1. The van der Waals surface area contributed by atoms with E-state index in [1.165, 1.54) is 0 Å². The van der Waals surface area contributed by atoms with Crippen molar-refractivity contribution in [2.75, 3.05) is 13.7 Å². The maximum absolute atomic E-state index is 8.96. The van der Waals surface area contributed by atoms with E-state index in [9.17, 15) is 0 Å². The van der Waals surface area contributed by atoms with E-state index in [1.54, 1.807) is 25.4 Å². The molecule has 6 heteroatoms. The lowest BCUT2D eigenvalue weighted by atomic mass is 10.1. The molecule has 1 unspecified atom stereocenters. The molecule has 0 spiro atoms. The highest BCUT2D eigenvalue weighted by atomic mass is 35.5. The molecule has 0 saturated carbocycles. The molecule has 5 nitrogen and oxygen atoms in total. The van der Waals surface area contributed by atoms with Crippen molar-refractivity contribution in [1.82, 2.24) is 9.97 Å². The Bertz CT molecular complexity index is 542. The third-order valence-electron chi connectivity index (χ3n) is 2.61. The van der Waals surface area contributed by atoms with Crippen molar-refractivity contribution in [3.8, 4) is 17.0 Å². The van der Waals surface area contributed by atoms with Crippen molar-refractivity contribution in [3.05, 3.63) is 35.2 Å². The van der Waals surface area contributed by atoms with E-state index in [2.05, 4.69) is 9.97 Å². The van der Waals surface area contributed by atoms with Crippen LogP contribution in [-0.4, -0.2) is 28.8 Å². The number of H-pyrrole nitrogens is 1. The Labute approximate surface area is 110 Å². The molecule has 0 amide bonds. The number of hydrogen-bond acceptors (Lipinski definition) is 4. The Morgan fingerprint density at radius 3 is 2.94 bits per heavy atom. The van der Waals surface area contributed by atoms with Gasteiger partial charge < -0.3 is 20.6 Å². The number of benzene rings is 1. The minimum Gasteiger partial charge on any atom is -0.495 e. The summed E-state index contributed by atoms with van der Waals surface area (Å²) in [6.07, 6.45) is 1.66. The number of aliphatic hydroxyl groups is 1. The number of halogens is 1. The molecular weight excluding hydrogens is 254 g/mol. The Balaban J connectivity index is 2.31. The van der Waals surface area contributed by atoms with Crippen LogP contribution < -0.4 is 10.5 Å². The van der Waals surface area contributed by atoms with Gasteiger partial charge in [0.05, 0.1) is 36.7 Å². The van der Waals surface area contributed by atoms with Gasteiger partial charge in [-0.25, -0.2) is 4.98 Å². The van der Waals surface area contributed by atoms with Gasteiger partial charge in [0, 0.05) is 5.56 Å². The highest BCUT2D eigenvalue weighted by Gasteiger charge is 2.11. The summed E-state index contributed by atoms with van der Waals surface area (Å²) in [4.78, 5) is 7.17. The fourth-order valence-corrected chi connectivity index (χ4v) is 1.85. The van der Waals surface area contributed by atoms with Crippen molar-refractivity contribution in [2.45, 2.75) is 6.04 Å². The van der Waals surface area contributed by atoms with E-state index < -0.39 is 6.04 Å². The normalized spacial score (nSPS) is 12.4. The molecule has 2 rings (SSSR count). The fourth-order valence-electron chi connectivity index (χ4n) is 1.59. The first-order chi connectivity index (χ1) is 8.65. The van der Waals surface area contributed by atoms with Gasteiger partial charge in [0.15, 0.2) is 0 Å². The number of rotatable bonds is 4. The second-order valence-electron chi connectivity index (χ2n) is 3.82. The third kappa shape index (κ3) is 2.48. The molecule has 0 fully saturated rings. The number of nitrogens with two attached hydrogens (primary N) is 1. The largest absolute Gasteiger partial charge is 0.495 e. The first-order valence-corrected chi connectivity index (χ1v) is 5.78. The van der Waals surface area contributed by atoms with E-state index >= 15 is 0 Å². The van der Waals surface area contributed by atoms with Crippen LogP contribution in [0.5, 0.6) is 5.75 Å². The van der Waals surface area contributed by atoms with Crippen LogP contribution in [0.3, 0.4) is 0 Å². The first-order valence-electron chi connectivity index (χ1n) is 5.41. The van der Waals surface area contributed by atoms with Crippen molar-refractivity contribution in [1.29, 1.82) is 0 Å². The molecule has 1 heterocycles. The first kappa shape index (κ1) is 12.9. The summed E-state index contributed by atoms with van der Waals surface area (Å²) in [7, 11) is 1.56. The summed E-state index contributed by atoms with van der Waals surface area (Å²) in [5.41, 5.74) is 7.34. The number of aromatic amines is 1. The Morgan fingerprint density at radius 1 is 1.56 bits per heavy atom. The zero-order valence-electron chi connectivity index (χ0n) is 9.85. The molecule has 4 N–H and O–H groups in total. The van der Waals surface area contributed by atoms with E-state index in [-0.39, 0.29) is 6.61 Å². The maximum atomic E-state index is 8.96. The molecule has 1 aromatic heterocycles. The van der Waals surface area contributed by atoms with Crippen molar-refractivity contribution in [3.63, 3.8) is 0 Å². The molecule has 0 bridgehead atoms. The molecule has 1 aromatic carbocycles. The Hall–Kier alpha value is -1.56. The maximum Gasteiger partial charge on any atom is 0.137 e. The van der Waals surface area contributed by atoms with Gasteiger partial charge in [-0.1, -0.05) is 11.6 Å². The van der Waals surface area contributed by atoms with E-state index in [0.717, 1.165) is 11.3 Å². The van der Waals surface area contributed by atoms with Crippen LogP contribution >= 0.6 is 11.6 Å². The van der Waals surface area contributed by atoms with Crippen molar-refractivity contribution < 1.29 is 9.84 Å². The summed E-state index contributed by atoms with van der Waals surface area (Å²) in [6.45, 7) is -0.156. The molecular formula is C12H14ClN3O2. The summed E-state index contributed by atoms with van der Waals surface area (Å²) in [6, 6.07) is 4.92. The molecule has 0 radical (unpaired) electrons. The molecule has 2 aromatic rings. The van der Waals surface area contributed by atoms with E-state index in [4.69, 9.17) is 27.2 Å². The van der Waals surface area contributed by atoms with Crippen molar-refractivity contribution in [2.24, 2.45) is 5.73 Å². The van der Waals surface area contributed by atoms with Gasteiger partial charge in [0.25, 0.3) is 0 Å². The van der Waals surface area contributed by atoms with Crippen LogP contribution in [-0.2, 0) is 0 Å². The predicted octanol–water partition coefficient (Wildman–Crippen LogP) is 1.73. The van der Waals surface area contributed by atoms with Crippen LogP contribution in [0.15, 0.2) is 24.4 Å². The standard InChI is InChI=1S/C12H14ClN3O2/c1-18-11-3-2-7(4-8(11)13)10-5-15-12(16-10)9(14)6-17/h2-5,9,17H,6,14H2,1H3,(H,15,16). The minimum absolute atomic E-state index is 0.156. The van der Waals surface area contributed by atoms with Gasteiger partial charge in [0.2, 0.25) is 0 Å². The third-order valence-corrected chi connectivity index (χ3v) is 2.90. The monoisotopic (exact) mass is 267 g/mol. The zero-order valence-corrected chi connectivity index (χ0v) is 10.6. The number of hydrogen-bond donors (Lipinski definition) is 3. The minimum atomic E-state index is -0.507. The molecule has 0 aliphatic rings. The van der Waals surface area contributed by atoms with Gasteiger partial charge in [0.1, 0.15) is 11.6 Å². The zero-order chi connectivity index (χ0) is 13.1. The van der Waals surface area contributed by atoms with Crippen LogP contribution in [0.4, 0.5) is 0 Å². The highest BCUT2D eigenvalue weighted by Crippen LogP contribution is 2.29. The molecule has 0 aliphatic carbocycles. The van der Waals surface area contributed by atoms with E-state index in [1.807, 2.05) is 6.07 Å². The SMILES string of the molecule is COc1ccc(-c2cnc(C(N)CO)[nH]2)cc1Cl. The number of nitrogens with zero attached hydrogens (tertiary/aromatic N) is 1. The predicted molar refractivity (Wildman–Crippen MR) is 69.6 cm³/mol. The number of ether oxygens (including phenoxy) is 1. The number of imidazole rings is 1. The number of aromatic nitrogens is 2. The molecule has 0 saturated heterocycles.